The van der Waals surface area contributed by atoms with Gasteiger partial charge in [-0.05, 0) is 44.9 Å². The molecule has 1 aromatic rings. The van der Waals surface area contributed by atoms with Crippen molar-refractivity contribution >= 4 is 23.7 Å². The van der Waals surface area contributed by atoms with Gasteiger partial charge in [-0.15, -0.1) is 0 Å². The van der Waals surface area contributed by atoms with Crippen molar-refractivity contribution in [3.63, 3.8) is 0 Å². The number of hydrogen-bond acceptors (Lipinski definition) is 6. The van der Waals surface area contributed by atoms with E-state index in [2.05, 4.69) is 0 Å². The Morgan fingerprint density at radius 1 is 1.38 bits per heavy atom. The van der Waals surface area contributed by atoms with Crippen LogP contribution in [0.25, 0.3) is 0 Å². The molecule has 0 radical (unpaired) electrons. The zero-order chi connectivity index (χ0) is 17.7. The number of imide groups is 1. The molecule has 0 unspecified atom stereocenters. The molecule has 1 heterocycles. The number of nitrogens with zero attached hydrogens (tertiary/aromatic N) is 1. The van der Waals surface area contributed by atoms with Gasteiger partial charge in [0, 0.05) is 17.7 Å². The van der Waals surface area contributed by atoms with E-state index in [1.165, 1.54) is 0 Å². The van der Waals surface area contributed by atoms with Gasteiger partial charge in [-0.3, -0.25) is 9.59 Å². The number of amides is 2. The standard InChI is InChI=1S/C17H20N2O5/c1-16(2,3)23-13(20)9-19-14(21)17(24-15(19)22)7-6-10-8-11(18)4-5-12(10)17/h4-5,8H,6-7,9,18H2,1-3H3/t17-/m1/s1. The van der Waals surface area contributed by atoms with E-state index in [0.717, 1.165) is 10.5 Å². The number of aryl methyl sites for hydroxylation is 1. The summed E-state index contributed by atoms with van der Waals surface area (Å²) >= 11 is 0. The van der Waals surface area contributed by atoms with Crippen molar-refractivity contribution in [1.82, 2.24) is 4.90 Å². The molecular formula is C17H20N2O5. The maximum atomic E-state index is 12.8. The quantitative estimate of drug-likeness (QED) is 0.654. The SMILES string of the molecule is CC(C)(C)OC(=O)CN1C(=O)O[C@@]2(CCc3cc(N)ccc32)C1=O. The van der Waals surface area contributed by atoms with Gasteiger partial charge in [0.05, 0.1) is 0 Å². The minimum Gasteiger partial charge on any atom is -0.459 e. The topological polar surface area (TPSA) is 98.9 Å². The van der Waals surface area contributed by atoms with Crippen LogP contribution in [0.1, 0.15) is 38.3 Å². The van der Waals surface area contributed by atoms with Crippen LogP contribution in [0.15, 0.2) is 18.2 Å². The van der Waals surface area contributed by atoms with Gasteiger partial charge in [0.15, 0.2) is 0 Å². The molecule has 7 heteroatoms. The molecule has 1 aliphatic carbocycles. The van der Waals surface area contributed by atoms with Gasteiger partial charge >= 0.3 is 12.1 Å². The fourth-order valence-electron chi connectivity index (χ4n) is 3.18. The van der Waals surface area contributed by atoms with Crippen molar-refractivity contribution < 1.29 is 23.9 Å². The third kappa shape index (κ3) is 2.60. The summed E-state index contributed by atoms with van der Waals surface area (Å²) in [4.78, 5) is 37.8. The number of nitrogen functional groups attached to an aromatic ring is 1. The molecule has 0 aromatic heterocycles. The van der Waals surface area contributed by atoms with E-state index >= 15 is 0 Å². The van der Waals surface area contributed by atoms with Crippen LogP contribution < -0.4 is 5.73 Å². The maximum Gasteiger partial charge on any atom is 0.418 e. The zero-order valence-corrected chi connectivity index (χ0v) is 13.9. The lowest BCUT2D eigenvalue weighted by Crippen LogP contribution is -2.41. The summed E-state index contributed by atoms with van der Waals surface area (Å²) in [5.74, 6) is -1.18. The van der Waals surface area contributed by atoms with Crippen LogP contribution in [0.5, 0.6) is 0 Å². The van der Waals surface area contributed by atoms with Crippen LogP contribution in [0, 0.1) is 0 Å². The average Bonchev–Trinajstić information content (AvgIpc) is 2.91. The van der Waals surface area contributed by atoms with Gasteiger partial charge in [0.25, 0.3) is 5.91 Å². The first-order valence-electron chi connectivity index (χ1n) is 7.78. The van der Waals surface area contributed by atoms with E-state index in [1.807, 2.05) is 0 Å². The number of carbonyl (C=O) groups excluding carboxylic acids is 3. The summed E-state index contributed by atoms with van der Waals surface area (Å²) in [6.07, 6.45) is 0.108. The number of esters is 1. The van der Waals surface area contributed by atoms with Crippen LogP contribution >= 0.6 is 0 Å². The van der Waals surface area contributed by atoms with E-state index in [1.54, 1.807) is 39.0 Å². The second-order valence-electron chi connectivity index (χ2n) is 7.09. The Morgan fingerprint density at radius 2 is 2.08 bits per heavy atom. The highest BCUT2D eigenvalue weighted by Gasteiger charge is 2.58. The summed E-state index contributed by atoms with van der Waals surface area (Å²) in [6.45, 7) is 4.69. The predicted molar refractivity (Wildman–Crippen MR) is 84.9 cm³/mol. The van der Waals surface area contributed by atoms with Crippen molar-refractivity contribution in [2.75, 3.05) is 12.3 Å². The molecule has 1 spiro atoms. The Labute approximate surface area is 139 Å². The number of anilines is 1. The molecule has 3 rings (SSSR count). The number of fused-ring (bicyclic) bond motifs is 2. The van der Waals surface area contributed by atoms with Gasteiger partial charge in [-0.25, -0.2) is 9.69 Å². The Bertz CT molecular complexity index is 737. The number of benzene rings is 1. The molecule has 1 aliphatic heterocycles. The minimum absolute atomic E-state index is 0.348. The van der Waals surface area contributed by atoms with Crippen molar-refractivity contribution in [2.24, 2.45) is 0 Å². The number of rotatable bonds is 2. The Kier molecular flexibility index (Phi) is 3.55. The van der Waals surface area contributed by atoms with E-state index in [9.17, 15) is 14.4 Å². The predicted octanol–water partition coefficient (Wildman–Crippen LogP) is 1.73. The lowest BCUT2D eigenvalue weighted by atomic mass is 9.95. The highest BCUT2D eigenvalue weighted by molar-refractivity contribution is 6.06. The van der Waals surface area contributed by atoms with Gasteiger partial charge in [0.2, 0.25) is 5.60 Å². The molecule has 0 saturated carbocycles. The van der Waals surface area contributed by atoms with Crippen molar-refractivity contribution in [2.45, 2.75) is 44.8 Å². The molecule has 0 bridgehead atoms. The van der Waals surface area contributed by atoms with Crippen molar-refractivity contribution in [3.05, 3.63) is 29.3 Å². The molecule has 2 N–H and O–H groups in total. The lowest BCUT2D eigenvalue weighted by molar-refractivity contribution is -0.157. The Balaban J connectivity index is 1.85. The first kappa shape index (κ1) is 16.3. The molecule has 1 atom stereocenters. The summed E-state index contributed by atoms with van der Waals surface area (Å²) in [5.41, 5.74) is 5.84. The second kappa shape index (κ2) is 5.22. The Morgan fingerprint density at radius 3 is 2.75 bits per heavy atom. The van der Waals surface area contributed by atoms with E-state index < -0.39 is 35.7 Å². The largest absolute Gasteiger partial charge is 0.459 e. The average molecular weight is 332 g/mol. The molecule has 24 heavy (non-hydrogen) atoms. The monoisotopic (exact) mass is 332 g/mol. The zero-order valence-electron chi connectivity index (χ0n) is 13.9. The summed E-state index contributed by atoms with van der Waals surface area (Å²) in [7, 11) is 0. The highest BCUT2D eigenvalue weighted by Crippen LogP contribution is 2.45. The third-order valence-electron chi connectivity index (χ3n) is 4.09. The third-order valence-corrected chi connectivity index (χ3v) is 4.09. The fraction of sp³-hybridized carbons (Fsp3) is 0.471. The normalized spacial score (nSPS) is 22.7. The van der Waals surface area contributed by atoms with Crippen LogP contribution in [-0.4, -0.2) is 35.0 Å². The van der Waals surface area contributed by atoms with Crippen LogP contribution in [0.3, 0.4) is 0 Å². The minimum atomic E-state index is -1.35. The number of nitrogens with two attached hydrogens (primary N) is 1. The van der Waals surface area contributed by atoms with Gasteiger partial charge in [0.1, 0.15) is 12.1 Å². The first-order chi connectivity index (χ1) is 11.1. The number of ether oxygens (including phenoxy) is 2. The van der Waals surface area contributed by atoms with Crippen molar-refractivity contribution in [3.8, 4) is 0 Å². The first-order valence-corrected chi connectivity index (χ1v) is 7.78. The van der Waals surface area contributed by atoms with Gasteiger partial charge in [-0.2, -0.15) is 0 Å². The van der Waals surface area contributed by atoms with E-state index in [-0.39, 0.29) is 0 Å². The van der Waals surface area contributed by atoms with Crippen molar-refractivity contribution in [1.29, 1.82) is 0 Å². The van der Waals surface area contributed by atoms with Gasteiger partial charge < -0.3 is 15.2 Å². The summed E-state index contributed by atoms with van der Waals surface area (Å²) in [6, 6.07) is 5.16. The van der Waals surface area contributed by atoms with Crippen LogP contribution in [0.2, 0.25) is 0 Å². The van der Waals surface area contributed by atoms with E-state index in [4.69, 9.17) is 15.2 Å². The molecule has 128 valence electrons. The molecule has 1 fully saturated rings. The maximum absolute atomic E-state index is 12.8. The fourth-order valence-corrected chi connectivity index (χ4v) is 3.18. The molecule has 1 aromatic carbocycles. The molecule has 7 nitrogen and oxygen atoms in total. The van der Waals surface area contributed by atoms with Gasteiger partial charge in [-0.1, -0.05) is 6.07 Å². The smallest absolute Gasteiger partial charge is 0.418 e. The highest BCUT2D eigenvalue weighted by atomic mass is 16.6. The summed E-state index contributed by atoms with van der Waals surface area (Å²) in [5, 5.41) is 0. The molecule has 2 aliphatic rings. The van der Waals surface area contributed by atoms with E-state index in [0.29, 0.717) is 24.1 Å². The lowest BCUT2D eigenvalue weighted by Gasteiger charge is -2.22. The number of hydrogen-bond donors (Lipinski definition) is 1. The summed E-state index contributed by atoms with van der Waals surface area (Å²) < 4.78 is 10.6. The van der Waals surface area contributed by atoms with Crippen LogP contribution in [0.4, 0.5) is 10.5 Å². The number of carbonyl (C=O) groups is 3. The van der Waals surface area contributed by atoms with Crippen LogP contribution in [-0.2, 0) is 31.1 Å². The molecule has 2 amide bonds. The Hall–Kier alpha value is -2.57. The molecular weight excluding hydrogens is 312 g/mol. The second-order valence-corrected chi connectivity index (χ2v) is 7.09. The molecule has 1 saturated heterocycles.